The number of benzene rings is 1. The Kier molecular flexibility index (Phi) is 1.82. The van der Waals surface area contributed by atoms with Crippen molar-refractivity contribution in [1.29, 1.82) is 0 Å². The molecule has 5 heteroatoms. The number of rotatable bonds is 1. The van der Waals surface area contributed by atoms with Crippen LogP contribution in [0.25, 0.3) is 11.3 Å². The number of aromatic nitrogens is 2. The molecule has 1 aromatic heterocycles. The second kappa shape index (κ2) is 3.17. The first kappa shape index (κ1) is 8.61. The van der Waals surface area contributed by atoms with Crippen LogP contribution in [0.3, 0.4) is 0 Å². The van der Waals surface area contributed by atoms with Gasteiger partial charge >= 0.3 is 0 Å². The van der Waals surface area contributed by atoms with Crippen molar-refractivity contribution in [3.8, 4) is 22.8 Å². The highest BCUT2D eigenvalue weighted by molar-refractivity contribution is 6.32. The first-order valence-corrected chi connectivity index (χ1v) is 4.80. The molecule has 0 atom stereocenters. The Balaban J connectivity index is 2.15. The van der Waals surface area contributed by atoms with Crippen LogP contribution in [-0.4, -0.2) is 16.8 Å². The predicted octanol–water partition coefficient (Wildman–Crippen LogP) is 2.46. The summed E-state index contributed by atoms with van der Waals surface area (Å²) in [4.78, 5) is 6.96. The molecule has 0 unspecified atom stereocenters. The number of aromatic amines is 1. The van der Waals surface area contributed by atoms with Crippen molar-refractivity contribution in [2.24, 2.45) is 0 Å². The van der Waals surface area contributed by atoms with Crippen LogP contribution < -0.4 is 9.47 Å². The molecule has 3 rings (SSSR count). The highest BCUT2D eigenvalue weighted by Crippen LogP contribution is 2.41. The molecule has 1 aromatic carbocycles. The maximum atomic E-state index is 6.05. The highest BCUT2D eigenvalue weighted by atomic mass is 35.5. The molecule has 1 aliphatic rings. The van der Waals surface area contributed by atoms with Gasteiger partial charge in [-0.3, -0.25) is 0 Å². The molecule has 2 heterocycles. The SMILES string of the molecule is Clc1cc(-c2cnc[nH]2)cc2c1OCO2. The van der Waals surface area contributed by atoms with Crippen LogP contribution in [-0.2, 0) is 0 Å². The Morgan fingerprint density at radius 3 is 3.07 bits per heavy atom. The minimum Gasteiger partial charge on any atom is -0.454 e. The summed E-state index contributed by atoms with van der Waals surface area (Å²) in [5, 5.41) is 0.551. The number of fused-ring (bicyclic) bond motifs is 1. The van der Waals surface area contributed by atoms with Crippen molar-refractivity contribution in [2.45, 2.75) is 0 Å². The Hall–Kier alpha value is -1.68. The third-order valence-corrected chi connectivity index (χ3v) is 2.52. The summed E-state index contributed by atoms with van der Waals surface area (Å²) in [6, 6.07) is 3.70. The van der Waals surface area contributed by atoms with Crippen LogP contribution in [0, 0.1) is 0 Å². The molecule has 0 radical (unpaired) electrons. The standard InChI is InChI=1S/C10H7ClN2O2/c11-7-1-6(8-3-12-4-13-8)2-9-10(7)15-5-14-9/h1-4H,5H2,(H,12,13). The molecule has 0 saturated heterocycles. The highest BCUT2D eigenvalue weighted by Gasteiger charge is 2.18. The Bertz CT molecular complexity index is 496. The normalized spacial score (nSPS) is 13.1. The van der Waals surface area contributed by atoms with Gasteiger partial charge in [-0.15, -0.1) is 0 Å². The van der Waals surface area contributed by atoms with Crippen LogP contribution in [0.1, 0.15) is 0 Å². The third-order valence-electron chi connectivity index (χ3n) is 2.24. The van der Waals surface area contributed by atoms with E-state index in [4.69, 9.17) is 21.1 Å². The van der Waals surface area contributed by atoms with Gasteiger partial charge in [0.15, 0.2) is 11.5 Å². The van der Waals surface area contributed by atoms with Crippen LogP contribution >= 0.6 is 11.6 Å². The molecule has 1 aliphatic heterocycles. The first-order valence-electron chi connectivity index (χ1n) is 4.42. The molecule has 0 amide bonds. The van der Waals surface area contributed by atoms with Gasteiger partial charge in [0.2, 0.25) is 6.79 Å². The Labute approximate surface area is 90.8 Å². The van der Waals surface area contributed by atoms with Crippen LogP contribution in [0.4, 0.5) is 0 Å². The molecule has 0 spiro atoms. The molecule has 0 aliphatic carbocycles. The number of hydrogen-bond donors (Lipinski definition) is 1. The number of halogens is 1. The minimum atomic E-state index is 0.224. The number of imidazole rings is 1. The topological polar surface area (TPSA) is 47.1 Å². The summed E-state index contributed by atoms with van der Waals surface area (Å²) in [6.45, 7) is 0.224. The summed E-state index contributed by atoms with van der Waals surface area (Å²) in [7, 11) is 0. The lowest BCUT2D eigenvalue weighted by Crippen LogP contribution is -1.93. The lowest BCUT2D eigenvalue weighted by atomic mass is 10.1. The summed E-state index contributed by atoms with van der Waals surface area (Å²) in [5.41, 5.74) is 1.83. The van der Waals surface area contributed by atoms with Crippen LogP contribution in [0.2, 0.25) is 5.02 Å². The van der Waals surface area contributed by atoms with Crippen molar-refractivity contribution in [3.63, 3.8) is 0 Å². The van der Waals surface area contributed by atoms with Crippen molar-refractivity contribution in [2.75, 3.05) is 6.79 Å². The van der Waals surface area contributed by atoms with E-state index in [2.05, 4.69) is 9.97 Å². The second-order valence-electron chi connectivity index (χ2n) is 3.16. The van der Waals surface area contributed by atoms with E-state index in [-0.39, 0.29) is 6.79 Å². The average molecular weight is 223 g/mol. The molecule has 15 heavy (non-hydrogen) atoms. The quantitative estimate of drug-likeness (QED) is 0.806. The monoisotopic (exact) mass is 222 g/mol. The van der Waals surface area contributed by atoms with Gasteiger partial charge in [0, 0.05) is 5.56 Å². The van der Waals surface area contributed by atoms with Gasteiger partial charge < -0.3 is 14.5 Å². The van der Waals surface area contributed by atoms with E-state index in [1.807, 2.05) is 12.1 Å². The predicted molar refractivity (Wildman–Crippen MR) is 55.2 cm³/mol. The molecular formula is C10H7ClN2O2. The largest absolute Gasteiger partial charge is 0.454 e. The number of ether oxygens (including phenoxy) is 2. The summed E-state index contributed by atoms with van der Waals surface area (Å²) >= 11 is 6.05. The Morgan fingerprint density at radius 1 is 1.33 bits per heavy atom. The molecule has 0 fully saturated rings. The molecule has 2 aromatic rings. The number of nitrogens with one attached hydrogen (secondary N) is 1. The third kappa shape index (κ3) is 1.34. The van der Waals surface area contributed by atoms with E-state index in [0.29, 0.717) is 16.5 Å². The molecule has 0 bridgehead atoms. The van der Waals surface area contributed by atoms with E-state index < -0.39 is 0 Å². The average Bonchev–Trinajstić information content (AvgIpc) is 2.88. The number of nitrogens with zero attached hydrogens (tertiary/aromatic N) is 1. The number of H-pyrrole nitrogens is 1. The summed E-state index contributed by atoms with van der Waals surface area (Å²) in [6.07, 6.45) is 3.35. The second-order valence-corrected chi connectivity index (χ2v) is 3.56. The van der Waals surface area contributed by atoms with Gasteiger partial charge in [0.05, 0.1) is 23.2 Å². The van der Waals surface area contributed by atoms with Gasteiger partial charge in [-0.2, -0.15) is 0 Å². The first-order chi connectivity index (χ1) is 7.34. The molecular weight excluding hydrogens is 216 g/mol. The van der Waals surface area contributed by atoms with E-state index in [1.165, 1.54) is 0 Å². The van der Waals surface area contributed by atoms with E-state index in [0.717, 1.165) is 11.3 Å². The lowest BCUT2D eigenvalue weighted by Gasteiger charge is -2.02. The fraction of sp³-hybridized carbons (Fsp3) is 0.100. The summed E-state index contributed by atoms with van der Waals surface area (Å²) < 4.78 is 10.5. The Morgan fingerprint density at radius 2 is 2.27 bits per heavy atom. The van der Waals surface area contributed by atoms with Crippen LogP contribution in [0.15, 0.2) is 24.7 Å². The maximum absolute atomic E-state index is 6.05. The van der Waals surface area contributed by atoms with Crippen molar-refractivity contribution in [1.82, 2.24) is 9.97 Å². The van der Waals surface area contributed by atoms with Crippen molar-refractivity contribution >= 4 is 11.6 Å². The smallest absolute Gasteiger partial charge is 0.231 e. The van der Waals surface area contributed by atoms with Gasteiger partial charge in [0.25, 0.3) is 0 Å². The fourth-order valence-electron chi connectivity index (χ4n) is 1.54. The van der Waals surface area contributed by atoms with Gasteiger partial charge in [-0.1, -0.05) is 11.6 Å². The van der Waals surface area contributed by atoms with E-state index >= 15 is 0 Å². The van der Waals surface area contributed by atoms with Crippen molar-refractivity contribution in [3.05, 3.63) is 29.7 Å². The minimum absolute atomic E-state index is 0.224. The van der Waals surface area contributed by atoms with Gasteiger partial charge in [0.1, 0.15) is 0 Å². The van der Waals surface area contributed by atoms with Crippen molar-refractivity contribution < 1.29 is 9.47 Å². The lowest BCUT2D eigenvalue weighted by molar-refractivity contribution is 0.174. The van der Waals surface area contributed by atoms with Gasteiger partial charge in [-0.05, 0) is 12.1 Å². The maximum Gasteiger partial charge on any atom is 0.231 e. The molecule has 4 nitrogen and oxygen atoms in total. The molecule has 76 valence electrons. The van der Waals surface area contributed by atoms with E-state index in [1.54, 1.807) is 12.5 Å². The van der Waals surface area contributed by atoms with Crippen LogP contribution in [0.5, 0.6) is 11.5 Å². The fourth-order valence-corrected chi connectivity index (χ4v) is 1.80. The summed E-state index contributed by atoms with van der Waals surface area (Å²) in [5.74, 6) is 1.28. The number of hydrogen-bond acceptors (Lipinski definition) is 3. The zero-order valence-corrected chi connectivity index (χ0v) is 8.41. The van der Waals surface area contributed by atoms with E-state index in [9.17, 15) is 0 Å². The molecule has 1 N–H and O–H groups in total. The molecule has 0 saturated carbocycles. The zero-order valence-electron chi connectivity index (χ0n) is 7.66. The van der Waals surface area contributed by atoms with Gasteiger partial charge in [-0.25, -0.2) is 4.98 Å². The zero-order chi connectivity index (χ0) is 10.3.